The van der Waals surface area contributed by atoms with Gasteiger partial charge in [-0.05, 0) is 55.7 Å². The van der Waals surface area contributed by atoms with Gasteiger partial charge in [0, 0.05) is 12.2 Å². The fourth-order valence-electron chi connectivity index (χ4n) is 3.05. The van der Waals surface area contributed by atoms with Gasteiger partial charge in [-0.2, -0.15) is 0 Å². The number of rotatable bonds is 7. The molecule has 1 heterocycles. The Morgan fingerprint density at radius 3 is 2.37 bits per heavy atom. The number of hydrogen-bond donors (Lipinski definition) is 1. The largest absolute Gasteiger partial charge is 0.494 e. The summed E-state index contributed by atoms with van der Waals surface area (Å²) in [6.45, 7) is 6.80. The van der Waals surface area contributed by atoms with Crippen LogP contribution in [0.3, 0.4) is 0 Å². The van der Waals surface area contributed by atoms with Crippen molar-refractivity contribution in [1.82, 2.24) is 4.90 Å². The van der Waals surface area contributed by atoms with Crippen LogP contribution in [-0.2, 0) is 9.59 Å². The molecule has 27 heavy (non-hydrogen) atoms. The molecule has 1 aliphatic rings. The lowest BCUT2D eigenvalue weighted by atomic mass is 10.0. The van der Waals surface area contributed by atoms with Crippen molar-refractivity contribution in [3.05, 3.63) is 65.4 Å². The van der Waals surface area contributed by atoms with Crippen molar-refractivity contribution in [3.63, 3.8) is 0 Å². The van der Waals surface area contributed by atoms with Gasteiger partial charge in [0.2, 0.25) is 0 Å². The molecule has 0 aromatic heterocycles. The average molecular weight is 364 g/mol. The van der Waals surface area contributed by atoms with Crippen LogP contribution in [0.1, 0.15) is 31.4 Å². The zero-order chi connectivity index (χ0) is 19.4. The van der Waals surface area contributed by atoms with Crippen molar-refractivity contribution >= 4 is 23.1 Å². The summed E-state index contributed by atoms with van der Waals surface area (Å²) in [5.41, 5.74) is 3.26. The summed E-state index contributed by atoms with van der Waals surface area (Å²) < 4.78 is 5.60. The molecular weight excluding hydrogens is 340 g/mol. The van der Waals surface area contributed by atoms with Crippen molar-refractivity contribution in [1.29, 1.82) is 0 Å². The van der Waals surface area contributed by atoms with Crippen LogP contribution in [0.15, 0.2) is 54.2 Å². The second-order valence-corrected chi connectivity index (χ2v) is 6.47. The first-order valence-corrected chi connectivity index (χ1v) is 9.22. The third-order valence-corrected chi connectivity index (χ3v) is 4.39. The minimum absolute atomic E-state index is 0.278. The fraction of sp³-hybridized carbons (Fsp3) is 0.273. The second kappa shape index (κ2) is 8.08. The van der Waals surface area contributed by atoms with Gasteiger partial charge < -0.3 is 10.1 Å². The van der Waals surface area contributed by atoms with Crippen molar-refractivity contribution in [2.75, 3.05) is 18.5 Å². The third-order valence-electron chi connectivity index (χ3n) is 4.39. The van der Waals surface area contributed by atoms with E-state index in [4.69, 9.17) is 4.74 Å². The van der Waals surface area contributed by atoms with E-state index in [0.717, 1.165) is 23.4 Å². The van der Waals surface area contributed by atoms with Crippen molar-refractivity contribution in [2.45, 2.75) is 27.2 Å². The van der Waals surface area contributed by atoms with Gasteiger partial charge in [0.15, 0.2) is 0 Å². The van der Waals surface area contributed by atoms with Gasteiger partial charge in [-0.3, -0.25) is 14.5 Å². The predicted molar refractivity (Wildman–Crippen MR) is 106 cm³/mol. The Labute approximate surface area is 159 Å². The maximum atomic E-state index is 12.8. The second-order valence-electron chi connectivity index (χ2n) is 6.47. The van der Waals surface area contributed by atoms with Crippen LogP contribution in [-0.4, -0.2) is 29.9 Å². The number of benzene rings is 2. The summed E-state index contributed by atoms with van der Waals surface area (Å²) in [4.78, 5) is 26.9. The Morgan fingerprint density at radius 2 is 1.74 bits per heavy atom. The molecule has 0 bridgehead atoms. The van der Waals surface area contributed by atoms with Gasteiger partial charge in [-0.1, -0.05) is 31.2 Å². The molecule has 140 valence electrons. The van der Waals surface area contributed by atoms with E-state index in [0.29, 0.717) is 30.0 Å². The molecule has 5 heteroatoms. The SMILES string of the molecule is CCCOc1ccc(C2=C(Nc3cccc(C)c3)C(=O)N(CC)C2=O)cc1. The molecular formula is C22H24N2O3. The minimum atomic E-state index is -0.301. The lowest BCUT2D eigenvalue weighted by Gasteiger charge is -2.12. The molecule has 0 fully saturated rings. The lowest BCUT2D eigenvalue weighted by molar-refractivity contribution is -0.136. The van der Waals surface area contributed by atoms with E-state index >= 15 is 0 Å². The number of anilines is 1. The molecule has 0 aliphatic carbocycles. The van der Waals surface area contributed by atoms with E-state index in [9.17, 15) is 9.59 Å². The number of carbonyl (C=O) groups is 2. The average Bonchev–Trinajstić information content (AvgIpc) is 2.90. The standard InChI is InChI=1S/C22H24N2O3/c1-4-13-27-18-11-9-16(10-12-18)19-20(22(26)24(5-2)21(19)25)23-17-8-6-7-15(3)14-17/h6-12,14,23H,4-5,13H2,1-3H3. The number of imide groups is 1. The summed E-state index contributed by atoms with van der Waals surface area (Å²) in [7, 11) is 0. The molecule has 5 nitrogen and oxygen atoms in total. The number of nitrogens with zero attached hydrogens (tertiary/aromatic N) is 1. The normalized spacial score (nSPS) is 14.1. The van der Waals surface area contributed by atoms with Crippen LogP contribution in [0.2, 0.25) is 0 Å². The Kier molecular flexibility index (Phi) is 5.60. The number of amides is 2. The Balaban J connectivity index is 1.99. The van der Waals surface area contributed by atoms with Gasteiger partial charge in [0.25, 0.3) is 11.8 Å². The molecule has 1 aliphatic heterocycles. The number of carbonyl (C=O) groups excluding carboxylic acids is 2. The van der Waals surface area contributed by atoms with Crippen molar-refractivity contribution < 1.29 is 14.3 Å². The highest BCUT2D eigenvalue weighted by Crippen LogP contribution is 2.31. The minimum Gasteiger partial charge on any atom is -0.494 e. The summed E-state index contributed by atoms with van der Waals surface area (Å²) in [5, 5.41) is 3.16. The lowest BCUT2D eigenvalue weighted by Crippen LogP contribution is -2.32. The van der Waals surface area contributed by atoms with Gasteiger partial charge in [-0.15, -0.1) is 0 Å². The van der Waals surface area contributed by atoms with Crippen molar-refractivity contribution in [3.8, 4) is 5.75 Å². The van der Waals surface area contributed by atoms with Gasteiger partial charge in [0.1, 0.15) is 11.4 Å². The highest BCUT2D eigenvalue weighted by molar-refractivity contribution is 6.36. The number of hydrogen-bond acceptors (Lipinski definition) is 4. The first kappa shape index (κ1) is 18.7. The Morgan fingerprint density at radius 1 is 1.00 bits per heavy atom. The molecule has 0 radical (unpaired) electrons. The first-order valence-electron chi connectivity index (χ1n) is 9.22. The molecule has 0 saturated heterocycles. The van der Waals surface area contributed by atoms with Gasteiger partial charge in [-0.25, -0.2) is 0 Å². The molecule has 0 saturated carbocycles. The Hall–Kier alpha value is -3.08. The van der Waals surface area contributed by atoms with E-state index in [1.807, 2.05) is 62.4 Å². The van der Waals surface area contributed by atoms with E-state index < -0.39 is 0 Å². The van der Waals surface area contributed by atoms with Crippen LogP contribution < -0.4 is 10.1 Å². The molecule has 0 unspecified atom stereocenters. The molecule has 3 rings (SSSR count). The maximum Gasteiger partial charge on any atom is 0.278 e. The number of aryl methyl sites for hydroxylation is 1. The summed E-state index contributed by atoms with van der Waals surface area (Å²) in [6, 6.07) is 15.0. The van der Waals surface area contributed by atoms with E-state index in [1.54, 1.807) is 6.92 Å². The van der Waals surface area contributed by atoms with Crippen LogP contribution in [0.5, 0.6) is 5.75 Å². The van der Waals surface area contributed by atoms with E-state index in [1.165, 1.54) is 4.90 Å². The van der Waals surface area contributed by atoms with Crippen LogP contribution in [0.4, 0.5) is 5.69 Å². The molecule has 0 atom stereocenters. The molecule has 2 aromatic rings. The summed E-state index contributed by atoms with van der Waals surface area (Å²) in [5.74, 6) is 0.170. The Bertz CT molecular complexity index is 885. The first-order chi connectivity index (χ1) is 13.0. The highest BCUT2D eigenvalue weighted by Gasteiger charge is 2.38. The molecule has 0 spiro atoms. The van der Waals surface area contributed by atoms with E-state index in [2.05, 4.69) is 5.32 Å². The summed E-state index contributed by atoms with van der Waals surface area (Å²) in [6.07, 6.45) is 0.927. The smallest absolute Gasteiger partial charge is 0.278 e. The monoisotopic (exact) mass is 364 g/mol. The third kappa shape index (κ3) is 3.87. The van der Waals surface area contributed by atoms with Crippen LogP contribution >= 0.6 is 0 Å². The number of nitrogens with one attached hydrogen (secondary N) is 1. The van der Waals surface area contributed by atoms with Gasteiger partial charge >= 0.3 is 0 Å². The topological polar surface area (TPSA) is 58.6 Å². The zero-order valence-corrected chi connectivity index (χ0v) is 15.9. The summed E-state index contributed by atoms with van der Waals surface area (Å²) >= 11 is 0. The number of likely N-dealkylation sites (N-methyl/N-ethyl adjacent to an activating group) is 1. The quantitative estimate of drug-likeness (QED) is 0.755. The fourth-order valence-corrected chi connectivity index (χ4v) is 3.05. The van der Waals surface area contributed by atoms with E-state index in [-0.39, 0.29) is 11.8 Å². The predicted octanol–water partition coefficient (Wildman–Crippen LogP) is 4.00. The molecule has 2 amide bonds. The van der Waals surface area contributed by atoms with Crippen LogP contribution in [0, 0.1) is 6.92 Å². The molecule has 1 N–H and O–H groups in total. The zero-order valence-electron chi connectivity index (χ0n) is 15.9. The van der Waals surface area contributed by atoms with Crippen molar-refractivity contribution in [2.24, 2.45) is 0 Å². The molecule has 2 aromatic carbocycles. The maximum absolute atomic E-state index is 12.8. The van der Waals surface area contributed by atoms with Gasteiger partial charge in [0.05, 0.1) is 12.2 Å². The number of ether oxygens (including phenoxy) is 1. The van der Waals surface area contributed by atoms with Crippen LogP contribution in [0.25, 0.3) is 5.57 Å². The highest BCUT2D eigenvalue weighted by atomic mass is 16.5.